The van der Waals surface area contributed by atoms with Gasteiger partial charge in [0.15, 0.2) is 0 Å². The fourth-order valence-corrected chi connectivity index (χ4v) is 3.54. The highest BCUT2D eigenvalue weighted by Crippen LogP contribution is 2.32. The van der Waals surface area contributed by atoms with Gasteiger partial charge in [0.1, 0.15) is 0 Å². The first kappa shape index (κ1) is 14.0. The molecule has 1 aliphatic rings. The summed E-state index contributed by atoms with van der Waals surface area (Å²) in [5, 5.41) is 11.8. The average molecular weight is 309 g/mol. The van der Waals surface area contributed by atoms with Gasteiger partial charge in [-0.25, -0.2) is 4.52 Å². The average Bonchev–Trinajstić information content (AvgIpc) is 3.12. The molecule has 6 nitrogen and oxygen atoms in total. The van der Waals surface area contributed by atoms with E-state index in [0.717, 1.165) is 30.5 Å². The van der Waals surface area contributed by atoms with Crippen LogP contribution in [0.2, 0.25) is 0 Å². The number of nitrogens with one attached hydrogen (secondary N) is 1. The van der Waals surface area contributed by atoms with E-state index < -0.39 is 0 Å². The number of amides is 1. The van der Waals surface area contributed by atoms with Crippen LogP contribution in [0.5, 0.6) is 0 Å². The van der Waals surface area contributed by atoms with Gasteiger partial charge >= 0.3 is 0 Å². The van der Waals surface area contributed by atoms with E-state index in [-0.39, 0.29) is 11.9 Å². The van der Waals surface area contributed by atoms with Crippen LogP contribution in [0.4, 0.5) is 0 Å². The summed E-state index contributed by atoms with van der Waals surface area (Å²) in [5.41, 5.74) is 5.02. The molecular formula is C17H19N5O. The molecule has 6 heteroatoms. The zero-order chi connectivity index (χ0) is 16.0. The molecule has 1 aliphatic carbocycles. The summed E-state index contributed by atoms with van der Waals surface area (Å²) >= 11 is 0. The summed E-state index contributed by atoms with van der Waals surface area (Å²) in [6.45, 7) is 2.02. The highest BCUT2D eigenvalue weighted by Gasteiger charge is 2.27. The van der Waals surface area contributed by atoms with Gasteiger partial charge in [-0.2, -0.15) is 10.2 Å². The highest BCUT2D eigenvalue weighted by atomic mass is 16.1. The third-order valence-electron chi connectivity index (χ3n) is 4.61. The van der Waals surface area contributed by atoms with Gasteiger partial charge in [0.25, 0.3) is 5.91 Å². The largest absolute Gasteiger partial charge is 0.345 e. The number of hydrogen-bond donors (Lipinski definition) is 1. The Morgan fingerprint density at radius 3 is 3.13 bits per heavy atom. The minimum absolute atomic E-state index is 0.0427. The molecule has 0 fully saturated rings. The first-order valence-electron chi connectivity index (χ1n) is 7.90. The van der Waals surface area contributed by atoms with Crippen LogP contribution < -0.4 is 5.32 Å². The summed E-state index contributed by atoms with van der Waals surface area (Å²) in [6.07, 6.45) is 6.59. The van der Waals surface area contributed by atoms with Crippen LogP contribution in [0.1, 0.15) is 46.2 Å². The van der Waals surface area contributed by atoms with Crippen molar-refractivity contribution in [3.05, 3.63) is 53.1 Å². The van der Waals surface area contributed by atoms with E-state index in [2.05, 4.69) is 15.5 Å². The fourth-order valence-electron chi connectivity index (χ4n) is 3.54. The number of nitrogens with zero attached hydrogens (tertiary/aromatic N) is 4. The maximum absolute atomic E-state index is 12.6. The molecule has 0 saturated carbocycles. The third-order valence-corrected chi connectivity index (χ3v) is 4.61. The summed E-state index contributed by atoms with van der Waals surface area (Å²) < 4.78 is 3.70. The molecule has 4 rings (SSSR count). The standard InChI is InChI=1S/C17H19N5O/c1-11-16-14(4-3-5-15(16)21(2)20-11)19-17(23)12-7-9-22-13(10-12)6-8-18-22/h6-10,14H,3-5H2,1-2H3,(H,19,23). The molecule has 0 aliphatic heterocycles. The van der Waals surface area contributed by atoms with Crippen LogP contribution in [0, 0.1) is 6.92 Å². The van der Waals surface area contributed by atoms with E-state index in [1.165, 1.54) is 11.3 Å². The number of pyridine rings is 1. The zero-order valence-corrected chi connectivity index (χ0v) is 13.3. The Morgan fingerprint density at radius 2 is 2.26 bits per heavy atom. The lowest BCUT2D eigenvalue weighted by Crippen LogP contribution is -2.31. The first-order chi connectivity index (χ1) is 11.1. The number of aryl methyl sites for hydroxylation is 2. The molecule has 1 atom stereocenters. The Hall–Kier alpha value is -2.63. The Labute approximate surface area is 134 Å². The summed E-state index contributed by atoms with van der Waals surface area (Å²) in [4.78, 5) is 12.6. The van der Waals surface area contributed by atoms with Crippen molar-refractivity contribution in [1.29, 1.82) is 0 Å². The molecule has 0 spiro atoms. The molecule has 3 aromatic heterocycles. The molecule has 0 saturated heterocycles. The zero-order valence-electron chi connectivity index (χ0n) is 13.3. The molecule has 1 unspecified atom stereocenters. The lowest BCUT2D eigenvalue weighted by molar-refractivity contribution is 0.0932. The van der Waals surface area contributed by atoms with Crippen molar-refractivity contribution in [3.8, 4) is 0 Å². The fraction of sp³-hybridized carbons (Fsp3) is 0.353. The molecule has 0 bridgehead atoms. The number of carbonyl (C=O) groups is 1. The normalized spacial score (nSPS) is 17.2. The van der Waals surface area contributed by atoms with Crippen LogP contribution in [-0.2, 0) is 13.5 Å². The topological polar surface area (TPSA) is 64.2 Å². The Balaban J connectivity index is 1.62. The van der Waals surface area contributed by atoms with Gasteiger partial charge in [0.2, 0.25) is 0 Å². The molecule has 1 N–H and O–H groups in total. The van der Waals surface area contributed by atoms with Crippen LogP contribution in [0.3, 0.4) is 0 Å². The van der Waals surface area contributed by atoms with Gasteiger partial charge < -0.3 is 5.32 Å². The first-order valence-corrected chi connectivity index (χ1v) is 7.90. The van der Waals surface area contributed by atoms with Gasteiger partial charge in [0.05, 0.1) is 17.3 Å². The predicted molar refractivity (Wildman–Crippen MR) is 86.3 cm³/mol. The maximum atomic E-state index is 12.6. The summed E-state index contributed by atoms with van der Waals surface area (Å²) in [6, 6.07) is 5.60. The maximum Gasteiger partial charge on any atom is 0.251 e. The molecular weight excluding hydrogens is 290 g/mol. The van der Waals surface area contributed by atoms with E-state index in [0.29, 0.717) is 5.56 Å². The van der Waals surface area contributed by atoms with E-state index >= 15 is 0 Å². The number of carbonyl (C=O) groups excluding carboxylic acids is 1. The number of fused-ring (bicyclic) bond motifs is 2. The Bertz CT molecular complexity index is 892. The van der Waals surface area contributed by atoms with Crippen molar-refractivity contribution in [2.24, 2.45) is 7.05 Å². The Kier molecular flexibility index (Phi) is 3.18. The van der Waals surface area contributed by atoms with Crippen molar-refractivity contribution in [1.82, 2.24) is 24.7 Å². The Morgan fingerprint density at radius 1 is 1.39 bits per heavy atom. The van der Waals surface area contributed by atoms with E-state index in [9.17, 15) is 4.79 Å². The molecule has 3 aromatic rings. The second kappa shape index (κ2) is 5.22. The van der Waals surface area contributed by atoms with Crippen LogP contribution in [-0.4, -0.2) is 25.3 Å². The van der Waals surface area contributed by atoms with Gasteiger partial charge in [0, 0.05) is 36.3 Å². The van der Waals surface area contributed by atoms with Gasteiger partial charge in [-0.1, -0.05) is 0 Å². The molecule has 1 amide bonds. The number of rotatable bonds is 2. The predicted octanol–water partition coefficient (Wildman–Crippen LogP) is 2.18. The van der Waals surface area contributed by atoms with Crippen molar-refractivity contribution < 1.29 is 4.79 Å². The molecule has 0 aromatic carbocycles. The van der Waals surface area contributed by atoms with Gasteiger partial charge in [-0.15, -0.1) is 0 Å². The van der Waals surface area contributed by atoms with Crippen molar-refractivity contribution in [2.75, 3.05) is 0 Å². The second-order valence-electron chi connectivity index (χ2n) is 6.10. The van der Waals surface area contributed by atoms with Gasteiger partial charge in [-0.05, 0) is 44.4 Å². The second-order valence-corrected chi connectivity index (χ2v) is 6.10. The highest BCUT2D eigenvalue weighted by molar-refractivity contribution is 5.95. The molecule has 0 radical (unpaired) electrons. The summed E-state index contributed by atoms with van der Waals surface area (Å²) in [5.74, 6) is -0.0465. The van der Waals surface area contributed by atoms with Crippen LogP contribution in [0.25, 0.3) is 5.52 Å². The third kappa shape index (κ3) is 2.30. The molecule has 118 valence electrons. The van der Waals surface area contributed by atoms with E-state index in [1.807, 2.05) is 37.0 Å². The smallest absolute Gasteiger partial charge is 0.251 e. The van der Waals surface area contributed by atoms with E-state index in [1.54, 1.807) is 16.8 Å². The molecule has 3 heterocycles. The monoisotopic (exact) mass is 309 g/mol. The van der Waals surface area contributed by atoms with Crippen molar-refractivity contribution in [2.45, 2.75) is 32.2 Å². The summed E-state index contributed by atoms with van der Waals surface area (Å²) in [7, 11) is 1.98. The SMILES string of the molecule is Cc1nn(C)c2c1C(NC(=O)c1ccn3nccc3c1)CCC2. The quantitative estimate of drug-likeness (QED) is 0.789. The number of hydrogen-bond acceptors (Lipinski definition) is 3. The van der Waals surface area contributed by atoms with E-state index in [4.69, 9.17) is 0 Å². The lowest BCUT2D eigenvalue weighted by Gasteiger charge is -2.24. The lowest BCUT2D eigenvalue weighted by atomic mass is 9.91. The van der Waals surface area contributed by atoms with Crippen molar-refractivity contribution >= 4 is 11.4 Å². The molecule has 23 heavy (non-hydrogen) atoms. The van der Waals surface area contributed by atoms with Crippen molar-refractivity contribution in [3.63, 3.8) is 0 Å². The minimum atomic E-state index is -0.0465. The van der Waals surface area contributed by atoms with Crippen LogP contribution >= 0.6 is 0 Å². The minimum Gasteiger partial charge on any atom is -0.345 e. The van der Waals surface area contributed by atoms with Gasteiger partial charge in [-0.3, -0.25) is 9.48 Å². The van der Waals surface area contributed by atoms with Crippen LogP contribution in [0.15, 0.2) is 30.6 Å². The number of aromatic nitrogens is 4.